The summed E-state index contributed by atoms with van der Waals surface area (Å²) in [5.41, 5.74) is 6.84. The van der Waals surface area contributed by atoms with Crippen molar-refractivity contribution in [1.82, 2.24) is 19.8 Å². The Bertz CT molecular complexity index is 805. The Hall–Kier alpha value is -2.47. The van der Waals surface area contributed by atoms with Crippen LogP contribution in [0.25, 0.3) is 0 Å². The number of carbonyl (C=O) groups excluding carboxylic acids is 1. The van der Waals surface area contributed by atoms with Gasteiger partial charge in [-0.3, -0.25) is 9.69 Å². The van der Waals surface area contributed by atoms with Gasteiger partial charge in [-0.05, 0) is 44.4 Å². The van der Waals surface area contributed by atoms with E-state index in [0.29, 0.717) is 24.3 Å². The van der Waals surface area contributed by atoms with Crippen molar-refractivity contribution in [2.45, 2.75) is 38.3 Å². The number of likely N-dealkylation sites (tertiary alicyclic amines) is 1. The topological polar surface area (TPSA) is 75.4 Å². The van der Waals surface area contributed by atoms with E-state index >= 15 is 0 Å². The number of nitrogen functional groups attached to an aromatic ring is 1. The van der Waals surface area contributed by atoms with Crippen LogP contribution in [-0.4, -0.2) is 51.9 Å². The van der Waals surface area contributed by atoms with Gasteiger partial charge in [-0.15, -0.1) is 0 Å². The van der Waals surface area contributed by atoms with Gasteiger partial charge in [0.15, 0.2) is 0 Å². The SMILES string of the molecule is CN(Cc1nccc(N)n1)[C@H]1CCN(C(=O)C2(Cc3ccccc3)CC2)C1. The molecule has 0 spiro atoms. The summed E-state index contributed by atoms with van der Waals surface area (Å²) in [6, 6.07) is 12.4. The lowest BCUT2D eigenvalue weighted by Gasteiger charge is -2.26. The number of nitrogens with two attached hydrogens (primary N) is 1. The summed E-state index contributed by atoms with van der Waals surface area (Å²) >= 11 is 0. The highest BCUT2D eigenvalue weighted by Gasteiger charge is 2.52. The van der Waals surface area contributed by atoms with Crippen LogP contribution < -0.4 is 5.73 Å². The van der Waals surface area contributed by atoms with Gasteiger partial charge in [0.25, 0.3) is 0 Å². The minimum absolute atomic E-state index is 0.161. The van der Waals surface area contributed by atoms with Crippen LogP contribution in [0.2, 0.25) is 0 Å². The molecule has 1 saturated heterocycles. The summed E-state index contributed by atoms with van der Waals surface area (Å²) < 4.78 is 0. The molecule has 0 unspecified atom stereocenters. The molecule has 6 heteroatoms. The van der Waals surface area contributed by atoms with E-state index in [1.807, 2.05) is 6.07 Å². The molecule has 0 radical (unpaired) electrons. The van der Waals surface area contributed by atoms with Crippen molar-refractivity contribution >= 4 is 11.7 Å². The Morgan fingerprint density at radius 3 is 2.78 bits per heavy atom. The van der Waals surface area contributed by atoms with Gasteiger partial charge in [-0.2, -0.15) is 0 Å². The lowest BCUT2D eigenvalue weighted by atomic mass is 9.95. The molecular weight excluding hydrogens is 338 g/mol. The largest absolute Gasteiger partial charge is 0.384 e. The number of anilines is 1. The lowest BCUT2D eigenvalue weighted by Crippen LogP contribution is -2.40. The first-order valence-corrected chi connectivity index (χ1v) is 9.67. The number of amides is 1. The predicted octanol–water partition coefficient (Wildman–Crippen LogP) is 2.11. The predicted molar refractivity (Wildman–Crippen MR) is 105 cm³/mol. The van der Waals surface area contributed by atoms with Gasteiger partial charge in [0.05, 0.1) is 12.0 Å². The normalized spacial score (nSPS) is 20.8. The van der Waals surface area contributed by atoms with Crippen LogP contribution in [0.3, 0.4) is 0 Å². The van der Waals surface area contributed by atoms with Crippen LogP contribution in [0.4, 0.5) is 5.82 Å². The zero-order chi connectivity index (χ0) is 18.9. The average Bonchev–Trinajstić information content (AvgIpc) is 3.27. The molecule has 4 rings (SSSR count). The minimum Gasteiger partial charge on any atom is -0.384 e. The summed E-state index contributed by atoms with van der Waals surface area (Å²) in [5, 5.41) is 0. The zero-order valence-electron chi connectivity index (χ0n) is 15.8. The van der Waals surface area contributed by atoms with E-state index in [1.165, 1.54) is 5.56 Å². The molecule has 1 aromatic carbocycles. The van der Waals surface area contributed by atoms with E-state index in [2.05, 4.69) is 51.1 Å². The molecular formula is C21H27N5O. The summed E-state index contributed by atoms with van der Waals surface area (Å²) in [6.07, 6.45) is 5.56. The van der Waals surface area contributed by atoms with Crippen LogP contribution in [0.1, 0.15) is 30.7 Å². The van der Waals surface area contributed by atoms with Crippen LogP contribution in [-0.2, 0) is 17.8 Å². The number of hydrogen-bond donors (Lipinski definition) is 1. The standard InChI is InChI=1S/C21H27N5O/c1-25(15-19-23-11-7-18(22)24-19)17-8-12-26(14-17)20(27)21(9-10-21)13-16-5-3-2-4-6-16/h2-7,11,17H,8-10,12-15H2,1H3,(H2,22,23,24)/t17-/m0/s1. The highest BCUT2D eigenvalue weighted by molar-refractivity contribution is 5.86. The monoisotopic (exact) mass is 365 g/mol. The van der Waals surface area contributed by atoms with Gasteiger partial charge in [-0.25, -0.2) is 9.97 Å². The molecule has 1 aliphatic heterocycles. The Morgan fingerprint density at radius 2 is 2.07 bits per heavy atom. The van der Waals surface area contributed by atoms with Crippen LogP contribution in [0, 0.1) is 5.41 Å². The first-order valence-electron chi connectivity index (χ1n) is 9.67. The van der Waals surface area contributed by atoms with Crippen molar-refractivity contribution in [2.75, 3.05) is 25.9 Å². The second-order valence-corrected chi connectivity index (χ2v) is 7.95. The maximum Gasteiger partial charge on any atom is 0.229 e. The number of rotatable bonds is 6. The number of carbonyl (C=O) groups is 1. The number of aromatic nitrogens is 2. The smallest absolute Gasteiger partial charge is 0.229 e. The molecule has 1 saturated carbocycles. The molecule has 0 bridgehead atoms. The second-order valence-electron chi connectivity index (χ2n) is 7.95. The first-order chi connectivity index (χ1) is 13.1. The number of likely N-dealkylation sites (N-methyl/N-ethyl adjacent to an activating group) is 1. The van der Waals surface area contributed by atoms with Gasteiger partial charge in [-0.1, -0.05) is 30.3 Å². The van der Waals surface area contributed by atoms with Crippen LogP contribution in [0.5, 0.6) is 0 Å². The highest BCUT2D eigenvalue weighted by atomic mass is 16.2. The fourth-order valence-corrected chi connectivity index (χ4v) is 4.07. The van der Waals surface area contributed by atoms with E-state index in [1.54, 1.807) is 12.3 Å². The summed E-state index contributed by atoms with van der Waals surface area (Å²) in [6.45, 7) is 2.27. The van der Waals surface area contributed by atoms with Crippen LogP contribution >= 0.6 is 0 Å². The molecule has 27 heavy (non-hydrogen) atoms. The van der Waals surface area contributed by atoms with Crippen molar-refractivity contribution in [1.29, 1.82) is 0 Å². The minimum atomic E-state index is -0.161. The van der Waals surface area contributed by atoms with Gasteiger partial charge in [0.1, 0.15) is 11.6 Å². The zero-order valence-corrected chi connectivity index (χ0v) is 15.8. The quantitative estimate of drug-likeness (QED) is 0.849. The molecule has 1 amide bonds. The molecule has 2 N–H and O–H groups in total. The van der Waals surface area contributed by atoms with Crippen molar-refractivity contribution < 1.29 is 4.79 Å². The highest BCUT2D eigenvalue weighted by Crippen LogP contribution is 2.50. The van der Waals surface area contributed by atoms with Gasteiger partial charge in [0, 0.05) is 25.3 Å². The van der Waals surface area contributed by atoms with Crippen LogP contribution in [0.15, 0.2) is 42.6 Å². The molecule has 2 aliphatic rings. The lowest BCUT2D eigenvalue weighted by molar-refractivity contribution is -0.136. The average molecular weight is 365 g/mol. The van der Waals surface area contributed by atoms with E-state index in [-0.39, 0.29) is 5.41 Å². The van der Waals surface area contributed by atoms with E-state index in [4.69, 9.17) is 5.73 Å². The summed E-state index contributed by atoms with van der Waals surface area (Å²) in [5.74, 6) is 1.56. The maximum atomic E-state index is 13.2. The Kier molecular flexibility index (Phi) is 4.83. The van der Waals surface area contributed by atoms with E-state index < -0.39 is 0 Å². The number of benzene rings is 1. The second kappa shape index (κ2) is 7.27. The van der Waals surface area contributed by atoms with Gasteiger partial charge >= 0.3 is 0 Å². The van der Waals surface area contributed by atoms with Crippen molar-refractivity contribution in [2.24, 2.45) is 5.41 Å². The molecule has 2 heterocycles. The van der Waals surface area contributed by atoms with E-state index in [0.717, 1.165) is 44.6 Å². The molecule has 2 fully saturated rings. The van der Waals surface area contributed by atoms with Crippen molar-refractivity contribution in [3.05, 3.63) is 54.0 Å². The maximum absolute atomic E-state index is 13.2. The first kappa shape index (κ1) is 17.9. The Balaban J connectivity index is 1.35. The van der Waals surface area contributed by atoms with Gasteiger partial charge < -0.3 is 10.6 Å². The summed E-state index contributed by atoms with van der Waals surface area (Å²) in [4.78, 5) is 26.0. The molecule has 6 nitrogen and oxygen atoms in total. The third-order valence-electron chi connectivity index (χ3n) is 5.88. The summed E-state index contributed by atoms with van der Waals surface area (Å²) in [7, 11) is 2.07. The van der Waals surface area contributed by atoms with Crippen molar-refractivity contribution in [3.8, 4) is 0 Å². The fraction of sp³-hybridized carbons (Fsp3) is 0.476. The molecule has 2 aromatic rings. The third kappa shape index (κ3) is 3.95. The van der Waals surface area contributed by atoms with Gasteiger partial charge in [0.2, 0.25) is 5.91 Å². The Labute approximate surface area is 160 Å². The molecule has 1 aromatic heterocycles. The third-order valence-corrected chi connectivity index (χ3v) is 5.88. The molecule has 1 aliphatic carbocycles. The molecule has 142 valence electrons. The van der Waals surface area contributed by atoms with E-state index in [9.17, 15) is 4.79 Å². The Morgan fingerprint density at radius 1 is 1.30 bits per heavy atom. The fourth-order valence-electron chi connectivity index (χ4n) is 4.07. The molecule has 1 atom stereocenters. The number of hydrogen-bond acceptors (Lipinski definition) is 5. The van der Waals surface area contributed by atoms with Crippen molar-refractivity contribution in [3.63, 3.8) is 0 Å². The number of nitrogens with zero attached hydrogens (tertiary/aromatic N) is 4.